The third kappa shape index (κ3) is 3.80. The molecule has 4 heteroatoms. The summed E-state index contributed by atoms with van der Waals surface area (Å²) in [6, 6.07) is 11.2. The molecule has 1 aromatic carbocycles. The van der Waals surface area contributed by atoms with Crippen molar-refractivity contribution in [1.29, 1.82) is 0 Å². The highest BCUT2D eigenvalue weighted by molar-refractivity contribution is 5.46. The number of piperidine rings is 1. The zero-order valence-corrected chi connectivity index (χ0v) is 13.3. The summed E-state index contributed by atoms with van der Waals surface area (Å²) in [6.45, 7) is 4.98. The molecule has 0 unspecified atom stereocenters. The molecule has 3 rings (SSSR count). The van der Waals surface area contributed by atoms with Gasteiger partial charge in [0.15, 0.2) is 0 Å². The predicted molar refractivity (Wildman–Crippen MR) is 89.3 cm³/mol. The third-order valence-electron chi connectivity index (χ3n) is 5.27. The van der Waals surface area contributed by atoms with Gasteiger partial charge in [0.05, 0.1) is 6.61 Å². The van der Waals surface area contributed by atoms with Crippen LogP contribution < -0.4 is 10.2 Å². The zero-order valence-electron chi connectivity index (χ0n) is 13.3. The van der Waals surface area contributed by atoms with Crippen LogP contribution >= 0.6 is 0 Å². The molecule has 0 radical (unpaired) electrons. The molecule has 0 aliphatic carbocycles. The standard InChI is InChI=1S/C18H28N2O2/c21-15-18(8-12-22-13-9-18)14-19-16-6-10-20(11-7-16)17-4-2-1-3-5-17/h1-5,16,19,21H,6-15H2. The van der Waals surface area contributed by atoms with Gasteiger partial charge in [-0.25, -0.2) is 0 Å². The Balaban J connectivity index is 1.46. The molecule has 0 aromatic heterocycles. The van der Waals surface area contributed by atoms with Gasteiger partial charge in [-0.15, -0.1) is 0 Å². The molecule has 22 heavy (non-hydrogen) atoms. The molecule has 2 saturated heterocycles. The lowest BCUT2D eigenvalue weighted by Gasteiger charge is -2.39. The first-order valence-electron chi connectivity index (χ1n) is 8.53. The average molecular weight is 304 g/mol. The Labute approximate surface area is 133 Å². The molecule has 2 aliphatic heterocycles. The molecular weight excluding hydrogens is 276 g/mol. The Bertz CT molecular complexity index is 438. The maximum absolute atomic E-state index is 9.76. The summed E-state index contributed by atoms with van der Waals surface area (Å²) in [6.07, 6.45) is 4.29. The van der Waals surface area contributed by atoms with Crippen LogP contribution in [0.2, 0.25) is 0 Å². The normalized spacial score (nSPS) is 22.7. The zero-order chi connectivity index (χ0) is 15.3. The van der Waals surface area contributed by atoms with E-state index in [1.165, 1.54) is 18.5 Å². The molecule has 0 amide bonds. The van der Waals surface area contributed by atoms with Crippen LogP contribution in [0.3, 0.4) is 0 Å². The van der Waals surface area contributed by atoms with E-state index in [0.29, 0.717) is 6.04 Å². The minimum absolute atomic E-state index is 0.0365. The van der Waals surface area contributed by atoms with Crippen molar-refractivity contribution in [1.82, 2.24) is 5.32 Å². The highest BCUT2D eigenvalue weighted by atomic mass is 16.5. The number of hydrogen-bond acceptors (Lipinski definition) is 4. The fraction of sp³-hybridized carbons (Fsp3) is 0.667. The van der Waals surface area contributed by atoms with Crippen molar-refractivity contribution in [3.05, 3.63) is 30.3 Å². The van der Waals surface area contributed by atoms with E-state index in [1.807, 2.05) is 0 Å². The second-order valence-corrected chi connectivity index (χ2v) is 6.75. The lowest BCUT2D eigenvalue weighted by molar-refractivity contribution is -0.0168. The van der Waals surface area contributed by atoms with E-state index in [9.17, 15) is 5.11 Å². The molecule has 1 aromatic rings. The number of nitrogens with zero attached hydrogens (tertiary/aromatic N) is 1. The summed E-state index contributed by atoms with van der Waals surface area (Å²) in [7, 11) is 0. The summed E-state index contributed by atoms with van der Waals surface area (Å²) < 4.78 is 5.44. The van der Waals surface area contributed by atoms with Gasteiger partial charge in [-0.1, -0.05) is 18.2 Å². The number of para-hydroxylation sites is 1. The lowest BCUT2D eigenvalue weighted by Crippen LogP contribution is -2.48. The van der Waals surface area contributed by atoms with Gasteiger partial charge in [0, 0.05) is 50.0 Å². The van der Waals surface area contributed by atoms with Crippen molar-refractivity contribution in [2.45, 2.75) is 31.7 Å². The highest BCUT2D eigenvalue weighted by Crippen LogP contribution is 2.29. The number of aliphatic hydroxyl groups excluding tert-OH is 1. The van der Waals surface area contributed by atoms with Gasteiger partial charge >= 0.3 is 0 Å². The number of anilines is 1. The van der Waals surface area contributed by atoms with E-state index in [1.54, 1.807) is 0 Å². The van der Waals surface area contributed by atoms with Gasteiger partial charge < -0.3 is 20.1 Å². The lowest BCUT2D eigenvalue weighted by atomic mass is 9.80. The monoisotopic (exact) mass is 304 g/mol. The Morgan fingerprint density at radius 3 is 2.45 bits per heavy atom. The van der Waals surface area contributed by atoms with Crippen molar-refractivity contribution < 1.29 is 9.84 Å². The summed E-state index contributed by atoms with van der Waals surface area (Å²) in [5, 5.41) is 13.5. The third-order valence-corrected chi connectivity index (χ3v) is 5.27. The molecule has 2 heterocycles. The van der Waals surface area contributed by atoms with E-state index in [4.69, 9.17) is 4.74 Å². The Morgan fingerprint density at radius 1 is 1.14 bits per heavy atom. The van der Waals surface area contributed by atoms with Crippen LogP contribution in [0.5, 0.6) is 0 Å². The number of hydrogen-bond donors (Lipinski definition) is 2. The minimum Gasteiger partial charge on any atom is -0.396 e. The molecule has 2 fully saturated rings. The Hall–Kier alpha value is -1.10. The molecule has 2 aliphatic rings. The van der Waals surface area contributed by atoms with Crippen LogP contribution in [0.4, 0.5) is 5.69 Å². The smallest absolute Gasteiger partial charge is 0.0501 e. The Morgan fingerprint density at radius 2 is 1.82 bits per heavy atom. The first-order chi connectivity index (χ1) is 10.8. The van der Waals surface area contributed by atoms with E-state index < -0.39 is 0 Å². The van der Waals surface area contributed by atoms with Gasteiger partial charge in [-0.2, -0.15) is 0 Å². The largest absolute Gasteiger partial charge is 0.396 e. The highest BCUT2D eigenvalue weighted by Gasteiger charge is 2.32. The number of ether oxygens (including phenoxy) is 1. The average Bonchev–Trinajstić information content (AvgIpc) is 2.62. The number of rotatable bonds is 5. The second kappa shape index (κ2) is 7.44. The molecule has 0 spiro atoms. The van der Waals surface area contributed by atoms with E-state index in [0.717, 1.165) is 45.7 Å². The van der Waals surface area contributed by atoms with Crippen LogP contribution in [0.1, 0.15) is 25.7 Å². The van der Waals surface area contributed by atoms with Gasteiger partial charge in [0.1, 0.15) is 0 Å². The van der Waals surface area contributed by atoms with Crippen LogP contribution in [0.25, 0.3) is 0 Å². The van der Waals surface area contributed by atoms with E-state index in [2.05, 4.69) is 40.5 Å². The number of benzene rings is 1. The van der Waals surface area contributed by atoms with Gasteiger partial charge in [-0.3, -0.25) is 0 Å². The number of nitrogens with one attached hydrogen (secondary N) is 1. The minimum atomic E-state index is 0.0365. The maximum atomic E-state index is 9.76. The molecule has 2 N–H and O–H groups in total. The van der Waals surface area contributed by atoms with Crippen molar-refractivity contribution in [3.63, 3.8) is 0 Å². The molecule has 0 saturated carbocycles. The SMILES string of the molecule is OCC1(CNC2CCN(c3ccccc3)CC2)CCOCC1. The fourth-order valence-electron chi connectivity index (χ4n) is 3.54. The van der Waals surface area contributed by atoms with Crippen molar-refractivity contribution in [3.8, 4) is 0 Å². The molecule has 0 bridgehead atoms. The van der Waals surface area contributed by atoms with Crippen molar-refractivity contribution >= 4 is 5.69 Å². The van der Waals surface area contributed by atoms with Crippen LogP contribution in [-0.2, 0) is 4.74 Å². The fourth-order valence-corrected chi connectivity index (χ4v) is 3.54. The summed E-state index contributed by atoms with van der Waals surface area (Å²) in [5.74, 6) is 0. The van der Waals surface area contributed by atoms with Crippen molar-refractivity contribution in [2.75, 3.05) is 44.4 Å². The van der Waals surface area contributed by atoms with Crippen molar-refractivity contribution in [2.24, 2.45) is 5.41 Å². The van der Waals surface area contributed by atoms with Gasteiger partial charge in [-0.05, 0) is 37.8 Å². The van der Waals surface area contributed by atoms with E-state index >= 15 is 0 Å². The van der Waals surface area contributed by atoms with E-state index in [-0.39, 0.29) is 12.0 Å². The number of aliphatic hydroxyl groups is 1. The maximum Gasteiger partial charge on any atom is 0.0501 e. The molecule has 122 valence electrons. The van der Waals surface area contributed by atoms with Crippen LogP contribution in [-0.4, -0.2) is 50.6 Å². The first-order valence-corrected chi connectivity index (χ1v) is 8.53. The predicted octanol–water partition coefficient (Wildman–Crippen LogP) is 2.03. The van der Waals surface area contributed by atoms with Crippen LogP contribution in [0, 0.1) is 5.41 Å². The second-order valence-electron chi connectivity index (χ2n) is 6.75. The quantitative estimate of drug-likeness (QED) is 0.874. The Kier molecular flexibility index (Phi) is 5.34. The van der Waals surface area contributed by atoms with Crippen LogP contribution in [0.15, 0.2) is 30.3 Å². The van der Waals surface area contributed by atoms with Gasteiger partial charge in [0.25, 0.3) is 0 Å². The van der Waals surface area contributed by atoms with Gasteiger partial charge in [0.2, 0.25) is 0 Å². The summed E-state index contributed by atoms with van der Waals surface area (Å²) in [5.41, 5.74) is 1.37. The summed E-state index contributed by atoms with van der Waals surface area (Å²) >= 11 is 0. The summed E-state index contributed by atoms with van der Waals surface area (Å²) in [4.78, 5) is 2.47. The first kappa shape index (κ1) is 15.8. The molecular formula is C18H28N2O2. The molecule has 4 nitrogen and oxygen atoms in total. The molecule has 0 atom stereocenters. The topological polar surface area (TPSA) is 44.7 Å².